The average molecular weight is 909 g/mol. The van der Waals surface area contributed by atoms with Crippen molar-refractivity contribution in [2.45, 2.75) is 211 Å². The van der Waals surface area contributed by atoms with Crippen LogP contribution in [0, 0.1) is 0 Å². The van der Waals surface area contributed by atoms with Gasteiger partial charge < -0.3 is 39.4 Å². The number of hydrogen-bond donors (Lipinski definition) is 4. The molecule has 1 aliphatic rings. The van der Waals surface area contributed by atoms with Crippen molar-refractivity contribution < 1.29 is 44.2 Å². The molecule has 0 aromatic rings. The lowest BCUT2D eigenvalue weighted by molar-refractivity contribution is -0.305. The Kier molecular flexibility index (Phi) is 42.3. The summed E-state index contributed by atoms with van der Waals surface area (Å²) in [7, 11) is 0. The van der Waals surface area contributed by atoms with E-state index in [2.05, 4.69) is 123 Å². The fraction of sp³-hybridized carbons (Fsp3) is 0.661. The molecule has 0 aromatic carbocycles. The van der Waals surface area contributed by atoms with Gasteiger partial charge in [0.05, 0.1) is 19.8 Å². The molecule has 0 amide bonds. The van der Waals surface area contributed by atoms with Gasteiger partial charge in [0.15, 0.2) is 6.29 Å². The highest BCUT2D eigenvalue weighted by Crippen LogP contribution is 2.22. The van der Waals surface area contributed by atoms with Gasteiger partial charge in [0.1, 0.15) is 30.5 Å². The van der Waals surface area contributed by atoms with Gasteiger partial charge in [-0.1, -0.05) is 175 Å². The molecule has 1 rings (SSSR count). The lowest BCUT2D eigenvalue weighted by Crippen LogP contribution is -2.59. The second-order valence-electron chi connectivity index (χ2n) is 16.9. The first kappa shape index (κ1) is 59.9. The molecule has 1 heterocycles. The quantitative estimate of drug-likeness (QED) is 0.0268. The molecule has 1 aliphatic heterocycles. The lowest BCUT2D eigenvalue weighted by atomic mass is 9.99. The summed E-state index contributed by atoms with van der Waals surface area (Å²) in [6.45, 7) is 4.29. The molecule has 0 aliphatic carbocycles. The van der Waals surface area contributed by atoms with Gasteiger partial charge >= 0.3 is 5.97 Å². The van der Waals surface area contributed by atoms with E-state index in [9.17, 15) is 25.2 Å². The number of unbranched alkanes of at least 4 members (excludes halogenated alkanes) is 13. The van der Waals surface area contributed by atoms with Crippen molar-refractivity contribution in [3.8, 4) is 0 Å². The predicted molar refractivity (Wildman–Crippen MR) is 269 cm³/mol. The molecule has 9 nitrogen and oxygen atoms in total. The third-order valence-corrected chi connectivity index (χ3v) is 10.9. The first-order valence-corrected chi connectivity index (χ1v) is 25.5. The van der Waals surface area contributed by atoms with Gasteiger partial charge in [0.2, 0.25) is 0 Å². The molecule has 1 saturated heterocycles. The van der Waals surface area contributed by atoms with Crippen LogP contribution in [0.15, 0.2) is 109 Å². The van der Waals surface area contributed by atoms with Crippen molar-refractivity contribution in [2.24, 2.45) is 0 Å². The van der Waals surface area contributed by atoms with Crippen LogP contribution in [-0.2, 0) is 23.7 Å². The number of aliphatic hydroxyl groups excluding tert-OH is 4. The highest BCUT2D eigenvalue weighted by molar-refractivity contribution is 5.69. The zero-order valence-electron chi connectivity index (χ0n) is 40.7. The molecule has 0 bridgehead atoms. The van der Waals surface area contributed by atoms with E-state index in [1.54, 1.807) is 0 Å². The Morgan fingerprint density at radius 3 is 1.42 bits per heavy atom. The minimum absolute atomic E-state index is 0.104. The molecule has 6 atom stereocenters. The van der Waals surface area contributed by atoms with Gasteiger partial charge in [-0.2, -0.15) is 0 Å². The Bertz CT molecular complexity index is 1360. The van der Waals surface area contributed by atoms with Crippen LogP contribution in [0.2, 0.25) is 0 Å². The Labute approximate surface area is 395 Å². The first-order chi connectivity index (χ1) is 31.9. The normalized spacial score (nSPS) is 20.4. The zero-order valence-corrected chi connectivity index (χ0v) is 40.7. The fourth-order valence-electron chi connectivity index (χ4n) is 6.97. The summed E-state index contributed by atoms with van der Waals surface area (Å²) in [5, 5.41) is 40.2. The van der Waals surface area contributed by atoms with Crippen LogP contribution in [-0.4, -0.2) is 89.6 Å². The van der Waals surface area contributed by atoms with Crippen molar-refractivity contribution in [3.05, 3.63) is 109 Å². The maximum atomic E-state index is 12.8. The van der Waals surface area contributed by atoms with E-state index in [1.165, 1.54) is 51.4 Å². The number of carbonyl (C=O) groups excluding carboxylic acids is 1. The van der Waals surface area contributed by atoms with Gasteiger partial charge in [-0.25, -0.2) is 0 Å². The Hall–Kier alpha value is -3.15. The summed E-state index contributed by atoms with van der Waals surface area (Å²) in [5.41, 5.74) is 0. The van der Waals surface area contributed by atoms with E-state index in [-0.39, 0.29) is 19.2 Å². The molecule has 6 unspecified atom stereocenters. The van der Waals surface area contributed by atoms with Crippen molar-refractivity contribution in [3.63, 3.8) is 0 Å². The average Bonchev–Trinajstić information content (AvgIpc) is 3.31. The van der Waals surface area contributed by atoms with Crippen LogP contribution in [0.3, 0.4) is 0 Å². The summed E-state index contributed by atoms with van der Waals surface area (Å²) in [5.74, 6) is -0.342. The predicted octanol–water partition coefficient (Wildman–Crippen LogP) is 12.5. The SMILES string of the molecule is CC/C=C\C/C=C\C/C=C\C/C=C\C/C=C\C/C=C\C/C=C\CCCCOCC(COC1OC(CO)C(O)C(O)C1O)OC(=O)CCCCCCCCC/C=C\C/C=C\CCCCCC. The summed E-state index contributed by atoms with van der Waals surface area (Å²) in [6, 6.07) is 0. The number of esters is 1. The molecule has 0 radical (unpaired) electrons. The summed E-state index contributed by atoms with van der Waals surface area (Å²) in [6.07, 6.45) is 58.3. The van der Waals surface area contributed by atoms with E-state index < -0.39 is 43.4 Å². The van der Waals surface area contributed by atoms with Crippen molar-refractivity contribution >= 4 is 5.97 Å². The van der Waals surface area contributed by atoms with Crippen molar-refractivity contribution in [1.29, 1.82) is 0 Å². The van der Waals surface area contributed by atoms with E-state index in [4.69, 9.17) is 18.9 Å². The largest absolute Gasteiger partial charge is 0.457 e. The maximum Gasteiger partial charge on any atom is 0.306 e. The number of ether oxygens (including phenoxy) is 4. The topological polar surface area (TPSA) is 135 Å². The second kappa shape index (κ2) is 46.0. The highest BCUT2D eigenvalue weighted by atomic mass is 16.7. The van der Waals surface area contributed by atoms with Crippen LogP contribution >= 0.6 is 0 Å². The van der Waals surface area contributed by atoms with Crippen LogP contribution in [0.5, 0.6) is 0 Å². The van der Waals surface area contributed by atoms with Crippen LogP contribution in [0.1, 0.15) is 174 Å². The summed E-state index contributed by atoms with van der Waals surface area (Å²) < 4.78 is 22.8. The van der Waals surface area contributed by atoms with Gasteiger partial charge in [-0.15, -0.1) is 0 Å². The van der Waals surface area contributed by atoms with E-state index >= 15 is 0 Å². The van der Waals surface area contributed by atoms with Crippen LogP contribution < -0.4 is 0 Å². The maximum absolute atomic E-state index is 12.8. The Balaban J connectivity index is 2.28. The minimum atomic E-state index is -1.55. The number of carbonyl (C=O) groups is 1. The Morgan fingerprint density at radius 2 is 0.938 bits per heavy atom. The highest BCUT2D eigenvalue weighted by Gasteiger charge is 2.44. The molecular formula is C56H92O9. The number of hydrogen-bond acceptors (Lipinski definition) is 9. The molecule has 1 fully saturated rings. The molecule has 370 valence electrons. The molecule has 0 aromatic heterocycles. The van der Waals surface area contributed by atoms with Gasteiger partial charge in [-0.3, -0.25) is 4.79 Å². The minimum Gasteiger partial charge on any atom is -0.457 e. The molecule has 9 heteroatoms. The third kappa shape index (κ3) is 36.6. The van der Waals surface area contributed by atoms with Gasteiger partial charge in [-0.05, 0) is 103 Å². The van der Waals surface area contributed by atoms with Gasteiger partial charge in [0.25, 0.3) is 0 Å². The van der Waals surface area contributed by atoms with Crippen molar-refractivity contribution in [2.75, 3.05) is 26.4 Å². The smallest absolute Gasteiger partial charge is 0.306 e. The van der Waals surface area contributed by atoms with Gasteiger partial charge in [0, 0.05) is 13.0 Å². The van der Waals surface area contributed by atoms with E-state index in [1.807, 2.05) is 0 Å². The molecule has 65 heavy (non-hydrogen) atoms. The second-order valence-corrected chi connectivity index (χ2v) is 16.9. The third-order valence-electron chi connectivity index (χ3n) is 10.9. The molecule has 4 N–H and O–H groups in total. The van der Waals surface area contributed by atoms with E-state index in [0.717, 1.165) is 103 Å². The monoisotopic (exact) mass is 909 g/mol. The van der Waals surface area contributed by atoms with Crippen LogP contribution in [0.4, 0.5) is 0 Å². The van der Waals surface area contributed by atoms with Crippen LogP contribution in [0.25, 0.3) is 0 Å². The molecule has 0 spiro atoms. The molecular weight excluding hydrogens is 817 g/mol. The summed E-state index contributed by atoms with van der Waals surface area (Å²) >= 11 is 0. The lowest BCUT2D eigenvalue weighted by Gasteiger charge is -2.39. The first-order valence-electron chi connectivity index (χ1n) is 25.5. The number of allylic oxidation sites excluding steroid dienone is 18. The van der Waals surface area contributed by atoms with E-state index in [0.29, 0.717) is 13.0 Å². The molecule has 0 saturated carbocycles. The fourth-order valence-corrected chi connectivity index (χ4v) is 6.97. The number of aliphatic hydroxyl groups is 4. The number of rotatable bonds is 42. The zero-order chi connectivity index (χ0) is 47.1. The Morgan fingerprint density at radius 1 is 0.508 bits per heavy atom. The summed E-state index contributed by atoms with van der Waals surface area (Å²) in [4.78, 5) is 12.8. The standard InChI is InChI=1S/C56H92O9/c1-3-5-7-9-11-13-15-17-19-21-23-24-25-26-27-28-30-32-34-36-38-40-42-44-46-62-48-50(49-63-56-55(61)54(60)53(59)51(47-57)65-56)64-52(58)45-43-41-39-37-35-33-31-29-22-20-18-16-14-12-10-8-6-4-2/h5,7,11,13-14,16-17,19-20,22-24,26-27,30,32,36,38,50-51,53-57,59-61H,3-4,6,8-10,12,15,18,21,25,28-29,31,33-35,37,39-49H2,1-2H3/b7-5-,13-11-,16-14-,19-17-,22-20-,24-23-,27-26-,32-30-,38-36-. The van der Waals surface area contributed by atoms with Crippen molar-refractivity contribution in [1.82, 2.24) is 0 Å².